The van der Waals surface area contributed by atoms with Gasteiger partial charge in [0.05, 0.1) is 0 Å². The van der Waals surface area contributed by atoms with E-state index in [0.717, 1.165) is 11.3 Å². The molecule has 0 radical (unpaired) electrons. The van der Waals surface area contributed by atoms with Crippen LogP contribution in [0.5, 0.6) is 0 Å². The average molecular weight is 288 g/mol. The van der Waals surface area contributed by atoms with Gasteiger partial charge in [-0.1, -0.05) is 12.1 Å². The number of carbonyl (C=O) groups is 1. The molecule has 0 aliphatic carbocycles. The van der Waals surface area contributed by atoms with E-state index in [2.05, 4.69) is 16.6 Å². The fourth-order valence-electron chi connectivity index (χ4n) is 1.19. The summed E-state index contributed by atoms with van der Waals surface area (Å²) in [6, 6.07) is 3.19. The van der Waals surface area contributed by atoms with Crippen LogP contribution in [0.3, 0.4) is 0 Å². The van der Waals surface area contributed by atoms with Crippen LogP contribution in [0.15, 0.2) is 34.4 Å². The van der Waals surface area contributed by atoms with E-state index in [0.29, 0.717) is 13.0 Å². The first-order valence-corrected chi connectivity index (χ1v) is 7.83. The highest BCUT2D eigenvalue weighted by molar-refractivity contribution is 7.91. The lowest BCUT2D eigenvalue weighted by Gasteiger charge is -2.05. The molecule has 5 nitrogen and oxygen atoms in total. The van der Waals surface area contributed by atoms with Gasteiger partial charge >= 0.3 is 0 Å². The lowest BCUT2D eigenvalue weighted by atomic mass is 10.3. The van der Waals surface area contributed by atoms with Crippen LogP contribution in [0, 0.1) is 0 Å². The van der Waals surface area contributed by atoms with Crippen LogP contribution in [0.4, 0.5) is 0 Å². The van der Waals surface area contributed by atoms with Crippen molar-refractivity contribution >= 4 is 27.3 Å². The lowest BCUT2D eigenvalue weighted by Crippen LogP contribution is -2.30. The Bertz CT molecular complexity index is 480. The predicted molar refractivity (Wildman–Crippen MR) is 71.9 cm³/mol. The third-order valence-corrected chi connectivity index (χ3v) is 4.93. The maximum Gasteiger partial charge on any atom is 0.250 e. The maximum absolute atomic E-state index is 11.7. The molecule has 18 heavy (non-hydrogen) atoms. The Labute approximate surface area is 111 Å². The quantitative estimate of drug-likeness (QED) is 0.556. The molecule has 0 aromatic carbocycles. The molecule has 1 aromatic rings. The van der Waals surface area contributed by atoms with Gasteiger partial charge in [-0.15, -0.1) is 17.9 Å². The van der Waals surface area contributed by atoms with Crippen LogP contribution in [-0.4, -0.2) is 27.4 Å². The van der Waals surface area contributed by atoms with Crippen LogP contribution in [0.25, 0.3) is 0 Å². The fourth-order valence-corrected chi connectivity index (χ4v) is 3.26. The SMILES string of the molecule is C=CCCNC(=O)CCNS(=O)(=O)c1cccs1. The number of sulfonamides is 1. The molecule has 0 unspecified atom stereocenters. The molecule has 1 aromatic heterocycles. The summed E-state index contributed by atoms with van der Waals surface area (Å²) in [5.41, 5.74) is 0. The molecule has 0 atom stereocenters. The van der Waals surface area contributed by atoms with E-state index in [1.54, 1.807) is 17.5 Å². The molecule has 1 heterocycles. The zero-order valence-corrected chi connectivity index (χ0v) is 11.5. The summed E-state index contributed by atoms with van der Waals surface area (Å²) in [4.78, 5) is 11.3. The zero-order chi connectivity index (χ0) is 13.4. The number of carbonyl (C=O) groups excluding carboxylic acids is 1. The van der Waals surface area contributed by atoms with E-state index < -0.39 is 10.0 Å². The Hall–Kier alpha value is -1.18. The largest absolute Gasteiger partial charge is 0.356 e. The van der Waals surface area contributed by atoms with Gasteiger partial charge in [0.15, 0.2) is 0 Å². The Balaban J connectivity index is 2.29. The first-order chi connectivity index (χ1) is 8.56. The number of amides is 1. The summed E-state index contributed by atoms with van der Waals surface area (Å²) >= 11 is 1.14. The molecule has 0 saturated carbocycles. The minimum Gasteiger partial charge on any atom is -0.356 e. The second kappa shape index (κ2) is 7.30. The predicted octanol–water partition coefficient (Wildman–Crippen LogP) is 1.11. The first-order valence-electron chi connectivity index (χ1n) is 5.47. The number of nitrogens with one attached hydrogen (secondary N) is 2. The first kappa shape index (κ1) is 14.9. The van der Waals surface area contributed by atoms with Gasteiger partial charge in [0.25, 0.3) is 0 Å². The van der Waals surface area contributed by atoms with Gasteiger partial charge in [-0.3, -0.25) is 4.79 Å². The molecule has 0 fully saturated rings. The Morgan fingerprint density at radius 3 is 2.83 bits per heavy atom. The van der Waals surface area contributed by atoms with Crippen molar-refractivity contribution in [2.75, 3.05) is 13.1 Å². The molecule has 0 aliphatic rings. The molecule has 7 heteroatoms. The third-order valence-electron chi connectivity index (χ3n) is 2.07. The van der Waals surface area contributed by atoms with Gasteiger partial charge in [-0.05, 0) is 17.9 Å². The molecule has 0 spiro atoms. The normalized spacial score (nSPS) is 11.1. The smallest absolute Gasteiger partial charge is 0.250 e. The van der Waals surface area contributed by atoms with Gasteiger partial charge in [0, 0.05) is 19.5 Å². The summed E-state index contributed by atoms with van der Waals surface area (Å²) in [5, 5.41) is 4.35. The van der Waals surface area contributed by atoms with Crippen LogP contribution < -0.4 is 10.0 Å². The second-order valence-electron chi connectivity index (χ2n) is 3.51. The molecule has 0 bridgehead atoms. The van der Waals surface area contributed by atoms with Crippen molar-refractivity contribution in [3.63, 3.8) is 0 Å². The third kappa shape index (κ3) is 4.99. The van der Waals surface area contributed by atoms with Crippen LogP contribution in [0.1, 0.15) is 12.8 Å². The van der Waals surface area contributed by atoms with Gasteiger partial charge in [-0.2, -0.15) is 0 Å². The molecule has 2 N–H and O–H groups in total. The minimum atomic E-state index is -3.47. The standard InChI is InChI=1S/C11H16N2O3S2/c1-2-3-7-12-10(14)6-8-13-18(15,16)11-5-4-9-17-11/h2,4-5,9,13H,1,3,6-8H2,(H,12,14). The van der Waals surface area contributed by atoms with E-state index in [1.165, 1.54) is 6.07 Å². The van der Waals surface area contributed by atoms with Crippen molar-refractivity contribution in [3.05, 3.63) is 30.2 Å². The van der Waals surface area contributed by atoms with Crippen molar-refractivity contribution < 1.29 is 13.2 Å². The molecule has 100 valence electrons. The Morgan fingerprint density at radius 1 is 1.44 bits per heavy atom. The molecule has 1 rings (SSSR count). The zero-order valence-electron chi connectivity index (χ0n) is 9.89. The summed E-state index contributed by atoms with van der Waals surface area (Å²) < 4.78 is 26.0. The minimum absolute atomic E-state index is 0.0974. The molecular formula is C11H16N2O3S2. The highest BCUT2D eigenvalue weighted by Crippen LogP contribution is 2.14. The van der Waals surface area contributed by atoms with Crippen molar-refractivity contribution in [1.82, 2.24) is 10.0 Å². The average Bonchev–Trinajstić information content (AvgIpc) is 2.83. The molecular weight excluding hydrogens is 272 g/mol. The van der Waals surface area contributed by atoms with E-state index in [4.69, 9.17) is 0 Å². The van der Waals surface area contributed by atoms with Gasteiger partial charge < -0.3 is 5.32 Å². The number of hydrogen-bond acceptors (Lipinski definition) is 4. The van der Waals surface area contributed by atoms with Crippen molar-refractivity contribution in [2.24, 2.45) is 0 Å². The van der Waals surface area contributed by atoms with Gasteiger partial charge in [0.2, 0.25) is 15.9 Å². The highest BCUT2D eigenvalue weighted by Gasteiger charge is 2.14. The fraction of sp³-hybridized carbons (Fsp3) is 0.364. The summed E-state index contributed by atoms with van der Waals surface area (Å²) in [6.45, 7) is 4.16. The highest BCUT2D eigenvalue weighted by atomic mass is 32.2. The van der Waals surface area contributed by atoms with E-state index in [-0.39, 0.29) is 23.1 Å². The van der Waals surface area contributed by atoms with E-state index >= 15 is 0 Å². The van der Waals surface area contributed by atoms with Crippen molar-refractivity contribution in [3.8, 4) is 0 Å². The van der Waals surface area contributed by atoms with Crippen molar-refractivity contribution in [1.29, 1.82) is 0 Å². The monoisotopic (exact) mass is 288 g/mol. The number of thiophene rings is 1. The molecule has 1 amide bonds. The lowest BCUT2D eigenvalue weighted by molar-refractivity contribution is -0.120. The van der Waals surface area contributed by atoms with Crippen LogP contribution in [-0.2, 0) is 14.8 Å². The number of hydrogen-bond donors (Lipinski definition) is 2. The van der Waals surface area contributed by atoms with E-state index in [9.17, 15) is 13.2 Å². The van der Waals surface area contributed by atoms with Crippen LogP contribution in [0.2, 0.25) is 0 Å². The second-order valence-corrected chi connectivity index (χ2v) is 6.45. The van der Waals surface area contributed by atoms with E-state index in [1.807, 2.05) is 0 Å². The Kier molecular flexibility index (Phi) is 6.03. The summed E-state index contributed by atoms with van der Waals surface area (Å²) in [7, 11) is -3.47. The number of rotatable bonds is 8. The van der Waals surface area contributed by atoms with Crippen LogP contribution >= 0.6 is 11.3 Å². The van der Waals surface area contributed by atoms with Gasteiger partial charge in [0.1, 0.15) is 4.21 Å². The molecule has 0 saturated heterocycles. The maximum atomic E-state index is 11.7. The summed E-state index contributed by atoms with van der Waals surface area (Å²) in [5.74, 6) is -0.175. The van der Waals surface area contributed by atoms with Crippen molar-refractivity contribution in [2.45, 2.75) is 17.1 Å². The summed E-state index contributed by atoms with van der Waals surface area (Å²) in [6.07, 6.45) is 2.54. The van der Waals surface area contributed by atoms with Gasteiger partial charge in [-0.25, -0.2) is 13.1 Å². The Morgan fingerprint density at radius 2 is 2.22 bits per heavy atom. The topological polar surface area (TPSA) is 75.3 Å². The molecule has 0 aliphatic heterocycles.